The van der Waals surface area contributed by atoms with Crippen molar-refractivity contribution in [2.24, 2.45) is 0 Å². The fourth-order valence-electron chi connectivity index (χ4n) is 8.90. The summed E-state index contributed by atoms with van der Waals surface area (Å²) in [4.78, 5) is 9.75. The molecular weight excluding hydrogens is 585 g/mol. The van der Waals surface area contributed by atoms with E-state index in [1.54, 1.807) is 0 Å². The fraction of sp³-hybridized carbons (Fsp3) is 0.0227. The summed E-state index contributed by atoms with van der Waals surface area (Å²) in [5.41, 5.74) is 15.5. The smallest absolute Gasteiger partial charge is 0.0991 e. The molecule has 3 aromatic heterocycles. The number of pyridine rings is 2. The third-order valence-corrected chi connectivity index (χ3v) is 10.7. The first kappa shape index (κ1) is 25.6. The summed E-state index contributed by atoms with van der Waals surface area (Å²) < 4.78 is 2.50. The molecule has 0 saturated carbocycles. The van der Waals surface area contributed by atoms with Crippen molar-refractivity contribution in [1.82, 2.24) is 14.5 Å². The topological polar surface area (TPSA) is 54.5 Å². The van der Waals surface area contributed by atoms with Crippen LogP contribution in [0.3, 0.4) is 0 Å². The minimum absolute atomic E-state index is 0.516. The third kappa shape index (κ3) is 2.95. The van der Waals surface area contributed by atoms with Crippen LogP contribution in [-0.2, 0) is 5.41 Å². The minimum atomic E-state index is -0.516. The first-order valence-corrected chi connectivity index (χ1v) is 16.2. The molecule has 4 heterocycles. The zero-order valence-electron chi connectivity index (χ0n) is 25.6. The Labute approximate surface area is 275 Å². The average Bonchev–Trinajstić information content (AvgIpc) is 3.66. The Morgan fingerprint density at radius 3 is 2.02 bits per heavy atom. The van der Waals surface area contributed by atoms with Gasteiger partial charge in [0.2, 0.25) is 0 Å². The number of aromatic nitrogens is 3. The highest BCUT2D eigenvalue weighted by Crippen LogP contribution is 2.61. The predicted molar refractivity (Wildman–Crippen MR) is 192 cm³/mol. The van der Waals surface area contributed by atoms with Gasteiger partial charge in [0, 0.05) is 33.9 Å². The van der Waals surface area contributed by atoms with E-state index in [-0.39, 0.29) is 0 Å². The summed E-state index contributed by atoms with van der Waals surface area (Å²) in [6, 6.07) is 50.3. The first-order chi connectivity index (χ1) is 23.8. The number of nitriles is 1. The second-order valence-electron chi connectivity index (χ2n) is 12.8. The van der Waals surface area contributed by atoms with E-state index in [2.05, 4.69) is 108 Å². The lowest BCUT2D eigenvalue weighted by molar-refractivity contribution is 0.749. The molecule has 48 heavy (non-hydrogen) atoms. The summed E-state index contributed by atoms with van der Waals surface area (Å²) in [7, 11) is 0. The van der Waals surface area contributed by atoms with E-state index in [1.165, 1.54) is 60.9 Å². The molecule has 0 radical (unpaired) electrons. The molecule has 0 fully saturated rings. The Hall–Kier alpha value is -6.57. The molecule has 1 aliphatic heterocycles. The number of para-hydroxylation sites is 2. The number of fused-ring (bicyclic) bond motifs is 17. The molecule has 0 amide bonds. The van der Waals surface area contributed by atoms with Crippen LogP contribution >= 0.6 is 0 Å². The third-order valence-electron chi connectivity index (χ3n) is 10.7. The minimum Gasteiger partial charge on any atom is -0.308 e. The number of rotatable bonds is 1. The molecule has 9 aromatic rings. The van der Waals surface area contributed by atoms with Crippen molar-refractivity contribution < 1.29 is 0 Å². The van der Waals surface area contributed by atoms with Gasteiger partial charge in [0.1, 0.15) is 0 Å². The maximum Gasteiger partial charge on any atom is 0.0991 e. The van der Waals surface area contributed by atoms with E-state index in [1.807, 2.05) is 48.8 Å². The normalized spacial score (nSPS) is 15.6. The van der Waals surface area contributed by atoms with Crippen molar-refractivity contribution >= 4 is 43.6 Å². The van der Waals surface area contributed by atoms with Gasteiger partial charge in [0.15, 0.2) is 0 Å². The molecule has 0 N–H and O–H groups in total. The van der Waals surface area contributed by atoms with Crippen molar-refractivity contribution in [2.45, 2.75) is 5.41 Å². The molecule has 11 rings (SSSR count). The molecule has 6 aromatic carbocycles. The molecule has 1 unspecified atom stereocenters. The zero-order chi connectivity index (χ0) is 31.6. The molecule has 1 atom stereocenters. The average molecular weight is 609 g/mol. The van der Waals surface area contributed by atoms with E-state index >= 15 is 0 Å². The maximum absolute atomic E-state index is 9.38. The summed E-state index contributed by atoms with van der Waals surface area (Å²) >= 11 is 0. The molecule has 2 aliphatic rings. The fourth-order valence-corrected chi connectivity index (χ4v) is 8.90. The van der Waals surface area contributed by atoms with Crippen LogP contribution in [0.2, 0.25) is 0 Å². The van der Waals surface area contributed by atoms with Gasteiger partial charge < -0.3 is 4.57 Å². The van der Waals surface area contributed by atoms with Crippen LogP contribution < -0.4 is 0 Å². The number of nitrogens with zero attached hydrogens (tertiary/aromatic N) is 4. The molecule has 1 aliphatic carbocycles. The van der Waals surface area contributed by atoms with Gasteiger partial charge >= 0.3 is 0 Å². The Morgan fingerprint density at radius 2 is 1.19 bits per heavy atom. The summed E-state index contributed by atoms with van der Waals surface area (Å²) in [5.74, 6) is 0. The summed E-state index contributed by atoms with van der Waals surface area (Å²) in [6.07, 6.45) is 3.74. The lowest BCUT2D eigenvalue weighted by atomic mass is 9.65. The summed E-state index contributed by atoms with van der Waals surface area (Å²) in [6.45, 7) is 0. The molecule has 4 nitrogen and oxygen atoms in total. The molecular formula is C44H24N4. The van der Waals surface area contributed by atoms with E-state index in [0.717, 1.165) is 32.9 Å². The molecule has 220 valence electrons. The predicted octanol–water partition coefficient (Wildman–Crippen LogP) is 10.1. The summed E-state index contributed by atoms with van der Waals surface area (Å²) in [5, 5.41) is 14.0. The highest BCUT2D eigenvalue weighted by atomic mass is 15.0. The van der Waals surface area contributed by atoms with Gasteiger partial charge in [-0.25, -0.2) is 0 Å². The second-order valence-corrected chi connectivity index (χ2v) is 12.8. The van der Waals surface area contributed by atoms with Gasteiger partial charge in [-0.2, -0.15) is 5.26 Å². The Bertz CT molecular complexity index is 2910. The highest BCUT2D eigenvalue weighted by Gasteiger charge is 2.50. The monoisotopic (exact) mass is 608 g/mol. The lowest BCUT2D eigenvalue weighted by Crippen LogP contribution is -2.33. The lowest BCUT2D eigenvalue weighted by Gasteiger charge is -2.39. The maximum atomic E-state index is 9.38. The van der Waals surface area contributed by atoms with Crippen molar-refractivity contribution in [3.8, 4) is 34.0 Å². The van der Waals surface area contributed by atoms with Gasteiger partial charge in [0.05, 0.1) is 44.8 Å². The van der Waals surface area contributed by atoms with Gasteiger partial charge in [-0.15, -0.1) is 0 Å². The Kier molecular flexibility index (Phi) is 4.82. The van der Waals surface area contributed by atoms with E-state index in [0.29, 0.717) is 5.56 Å². The van der Waals surface area contributed by atoms with Crippen LogP contribution in [0.4, 0.5) is 0 Å². The van der Waals surface area contributed by atoms with E-state index < -0.39 is 5.41 Å². The standard InChI is InChI=1S/C44H24N4/c45-25-26-16-18-27(19-17-26)28-20-21-35-33(24-28)29-8-1-2-12-34(29)44(35)36-13-3-4-15-38(36)48-42-31(9-5-14-37(42)44)39-30-10-6-22-46-40(30)41-32(43(39)48)11-7-23-47-41/h1-24H. The highest BCUT2D eigenvalue weighted by molar-refractivity contribution is 6.31. The van der Waals surface area contributed by atoms with E-state index in [4.69, 9.17) is 9.97 Å². The SMILES string of the molecule is N#Cc1ccc(-c2ccc3c(c2)-c2ccccc2C32c3ccccc3-n3c4c2cccc4c2c4cccnc4c4ncccc4c23)cc1. The quantitative estimate of drug-likeness (QED) is 0.174. The first-order valence-electron chi connectivity index (χ1n) is 16.2. The Balaban J connectivity index is 1.33. The van der Waals surface area contributed by atoms with Gasteiger partial charge in [-0.1, -0.05) is 91.0 Å². The van der Waals surface area contributed by atoms with Crippen molar-refractivity contribution in [3.05, 3.63) is 174 Å². The van der Waals surface area contributed by atoms with Crippen LogP contribution in [0.5, 0.6) is 0 Å². The number of hydrogen-bond acceptors (Lipinski definition) is 3. The molecule has 1 spiro atoms. The van der Waals surface area contributed by atoms with Crippen LogP contribution in [0.1, 0.15) is 27.8 Å². The second kappa shape index (κ2) is 9.03. The van der Waals surface area contributed by atoms with Gasteiger partial charge in [0.25, 0.3) is 0 Å². The van der Waals surface area contributed by atoms with Crippen molar-refractivity contribution in [1.29, 1.82) is 5.26 Å². The van der Waals surface area contributed by atoms with Crippen molar-refractivity contribution in [2.75, 3.05) is 0 Å². The van der Waals surface area contributed by atoms with Gasteiger partial charge in [-0.3, -0.25) is 9.97 Å². The molecule has 4 heteroatoms. The molecule has 0 bridgehead atoms. The van der Waals surface area contributed by atoms with Crippen molar-refractivity contribution in [3.63, 3.8) is 0 Å². The van der Waals surface area contributed by atoms with Gasteiger partial charge in [-0.05, 0) is 87.0 Å². The van der Waals surface area contributed by atoms with Crippen LogP contribution in [-0.4, -0.2) is 14.5 Å². The van der Waals surface area contributed by atoms with Crippen LogP contribution in [0.25, 0.3) is 71.6 Å². The Morgan fingerprint density at radius 1 is 0.521 bits per heavy atom. The number of hydrogen-bond donors (Lipinski definition) is 0. The largest absolute Gasteiger partial charge is 0.308 e. The van der Waals surface area contributed by atoms with Crippen LogP contribution in [0, 0.1) is 11.3 Å². The number of benzene rings is 6. The van der Waals surface area contributed by atoms with Crippen LogP contribution in [0.15, 0.2) is 146 Å². The molecule has 0 saturated heterocycles. The zero-order valence-corrected chi connectivity index (χ0v) is 25.6. The van der Waals surface area contributed by atoms with E-state index in [9.17, 15) is 5.26 Å².